The molecule has 0 saturated carbocycles. The molecule has 1 aromatic rings. The molecule has 3 heteroatoms. The van der Waals surface area contributed by atoms with E-state index >= 15 is 0 Å². The number of ether oxygens (including phenoxy) is 1. The second-order valence-electron chi connectivity index (χ2n) is 6.23. The predicted molar refractivity (Wildman–Crippen MR) is 86.9 cm³/mol. The molecule has 0 spiro atoms. The summed E-state index contributed by atoms with van der Waals surface area (Å²) >= 11 is 0. The molecular weight excluding hydrogens is 262 g/mol. The van der Waals surface area contributed by atoms with E-state index in [1.165, 1.54) is 25.7 Å². The number of benzene rings is 1. The van der Waals surface area contributed by atoms with E-state index in [0.29, 0.717) is 13.0 Å². The zero-order valence-electron chi connectivity index (χ0n) is 13.5. The van der Waals surface area contributed by atoms with Gasteiger partial charge >= 0.3 is 0 Å². The minimum atomic E-state index is -0.285. The van der Waals surface area contributed by atoms with Crippen molar-refractivity contribution in [3.63, 3.8) is 0 Å². The van der Waals surface area contributed by atoms with E-state index in [1.54, 1.807) is 0 Å². The Labute approximate surface area is 128 Å². The van der Waals surface area contributed by atoms with E-state index in [9.17, 15) is 5.11 Å². The zero-order chi connectivity index (χ0) is 15.1. The first-order chi connectivity index (χ1) is 10.2. The Morgan fingerprint density at radius 3 is 2.33 bits per heavy atom. The van der Waals surface area contributed by atoms with Gasteiger partial charge in [0.25, 0.3) is 0 Å². The molecule has 2 rings (SSSR count). The first-order valence-corrected chi connectivity index (χ1v) is 8.26. The molecule has 0 amide bonds. The summed E-state index contributed by atoms with van der Waals surface area (Å²) in [5.74, 6) is 0.972. The number of para-hydroxylation sites is 1. The van der Waals surface area contributed by atoms with Crippen LogP contribution in [-0.2, 0) is 0 Å². The molecule has 0 aromatic heterocycles. The second-order valence-corrected chi connectivity index (χ2v) is 6.23. The molecule has 1 aliphatic heterocycles. The monoisotopic (exact) mass is 291 g/mol. The maximum Gasteiger partial charge on any atom is 0.125 e. The number of aryl methyl sites for hydroxylation is 2. The number of aliphatic hydroxyl groups is 1. The molecule has 0 radical (unpaired) electrons. The lowest BCUT2D eigenvalue weighted by atomic mass is 10.1. The Balaban J connectivity index is 1.72. The molecule has 0 aliphatic carbocycles. The maximum absolute atomic E-state index is 10.2. The minimum absolute atomic E-state index is 0.285. The SMILES string of the molecule is Cc1cccc(C)c1OCC[C@H](O)CN1CCCCCC1. The van der Waals surface area contributed by atoms with Gasteiger partial charge in [-0.1, -0.05) is 31.0 Å². The summed E-state index contributed by atoms with van der Waals surface area (Å²) in [6, 6.07) is 6.18. The van der Waals surface area contributed by atoms with E-state index in [4.69, 9.17) is 4.74 Å². The fraction of sp³-hybridized carbons (Fsp3) is 0.667. The van der Waals surface area contributed by atoms with Gasteiger partial charge < -0.3 is 14.7 Å². The van der Waals surface area contributed by atoms with Crippen LogP contribution in [0.15, 0.2) is 18.2 Å². The molecule has 1 N–H and O–H groups in total. The van der Waals surface area contributed by atoms with E-state index in [0.717, 1.165) is 36.5 Å². The van der Waals surface area contributed by atoms with Crippen LogP contribution in [0.25, 0.3) is 0 Å². The van der Waals surface area contributed by atoms with E-state index in [-0.39, 0.29) is 6.10 Å². The van der Waals surface area contributed by atoms with Crippen LogP contribution >= 0.6 is 0 Å². The largest absolute Gasteiger partial charge is 0.493 e. The average Bonchev–Trinajstić information content (AvgIpc) is 2.71. The highest BCUT2D eigenvalue weighted by Crippen LogP contribution is 2.22. The predicted octanol–water partition coefficient (Wildman–Crippen LogP) is 3.31. The van der Waals surface area contributed by atoms with Gasteiger partial charge in [0.15, 0.2) is 0 Å². The topological polar surface area (TPSA) is 32.7 Å². The van der Waals surface area contributed by atoms with Gasteiger partial charge in [0.05, 0.1) is 12.7 Å². The van der Waals surface area contributed by atoms with Crippen LogP contribution in [0.5, 0.6) is 5.75 Å². The van der Waals surface area contributed by atoms with Crippen LogP contribution in [0.4, 0.5) is 0 Å². The van der Waals surface area contributed by atoms with Crippen molar-refractivity contribution in [2.75, 3.05) is 26.2 Å². The number of hydrogen-bond acceptors (Lipinski definition) is 3. The molecule has 0 bridgehead atoms. The first kappa shape index (κ1) is 16.3. The Hall–Kier alpha value is -1.06. The summed E-state index contributed by atoms with van der Waals surface area (Å²) in [5.41, 5.74) is 2.33. The minimum Gasteiger partial charge on any atom is -0.493 e. The third kappa shape index (κ3) is 5.33. The fourth-order valence-electron chi connectivity index (χ4n) is 3.03. The van der Waals surface area contributed by atoms with Gasteiger partial charge in [-0.3, -0.25) is 0 Å². The lowest BCUT2D eigenvalue weighted by molar-refractivity contribution is 0.0924. The molecule has 1 heterocycles. The fourth-order valence-corrected chi connectivity index (χ4v) is 3.03. The summed E-state index contributed by atoms with van der Waals surface area (Å²) in [4.78, 5) is 2.40. The molecule has 1 aliphatic rings. The molecule has 1 saturated heterocycles. The summed E-state index contributed by atoms with van der Waals surface area (Å²) in [5, 5.41) is 10.2. The van der Waals surface area contributed by atoms with Crippen LogP contribution in [-0.4, -0.2) is 42.4 Å². The Morgan fingerprint density at radius 2 is 1.71 bits per heavy atom. The van der Waals surface area contributed by atoms with Crippen LogP contribution in [0.2, 0.25) is 0 Å². The summed E-state index contributed by atoms with van der Waals surface area (Å²) in [7, 11) is 0. The Kier molecular flexibility index (Phi) is 6.52. The summed E-state index contributed by atoms with van der Waals surface area (Å²) in [6.45, 7) is 7.77. The van der Waals surface area contributed by atoms with E-state index < -0.39 is 0 Å². The van der Waals surface area contributed by atoms with Gasteiger partial charge in [-0.2, -0.15) is 0 Å². The van der Waals surface area contributed by atoms with Gasteiger partial charge in [0.1, 0.15) is 5.75 Å². The molecule has 1 atom stereocenters. The Morgan fingerprint density at radius 1 is 1.10 bits per heavy atom. The van der Waals surface area contributed by atoms with Crippen molar-refractivity contribution in [1.82, 2.24) is 4.90 Å². The number of aliphatic hydroxyl groups excluding tert-OH is 1. The first-order valence-electron chi connectivity index (χ1n) is 8.26. The van der Waals surface area contributed by atoms with Crippen molar-refractivity contribution in [2.45, 2.75) is 52.1 Å². The highest BCUT2D eigenvalue weighted by Gasteiger charge is 2.14. The van der Waals surface area contributed by atoms with Crippen LogP contribution in [0.1, 0.15) is 43.2 Å². The second kappa shape index (κ2) is 8.40. The third-order valence-corrected chi connectivity index (χ3v) is 4.27. The number of nitrogens with zero attached hydrogens (tertiary/aromatic N) is 1. The average molecular weight is 291 g/mol. The zero-order valence-corrected chi connectivity index (χ0v) is 13.5. The number of β-amino-alcohol motifs (C(OH)–C–C–N with tert-alkyl or cyclic N) is 1. The van der Waals surface area contributed by atoms with Gasteiger partial charge in [0, 0.05) is 13.0 Å². The summed E-state index contributed by atoms with van der Waals surface area (Å²) in [6.07, 6.45) is 5.62. The van der Waals surface area contributed by atoms with Crippen molar-refractivity contribution in [3.05, 3.63) is 29.3 Å². The maximum atomic E-state index is 10.2. The number of hydrogen-bond donors (Lipinski definition) is 1. The highest BCUT2D eigenvalue weighted by atomic mass is 16.5. The quantitative estimate of drug-likeness (QED) is 0.873. The number of likely N-dealkylation sites (tertiary alicyclic amines) is 1. The highest BCUT2D eigenvalue weighted by molar-refractivity contribution is 5.39. The van der Waals surface area contributed by atoms with E-state index in [2.05, 4.69) is 30.9 Å². The summed E-state index contributed by atoms with van der Waals surface area (Å²) < 4.78 is 5.87. The molecule has 118 valence electrons. The van der Waals surface area contributed by atoms with Gasteiger partial charge in [0.2, 0.25) is 0 Å². The standard InChI is InChI=1S/C18H29NO2/c1-15-8-7-9-16(2)18(15)21-13-10-17(20)14-19-11-5-3-4-6-12-19/h7-9,17,20H,3-6,10-14H2,1-2H3/t17-/m0/s1. The van der Waals surface area contributed by atoms with Crippen molar-refractivity contribution in [2.24, 2.45) is 0 Å². The Bertz CT molecular complexity index is 405. The van der Waals surface area contributed by atoms with Crippen molar-refractivity contribution in [1.29, 1.82) is 0 Å². The van der Waals surface area contributed by atoms with Gasteiger partial charge in [-0.15, -0.1) is 0 Å². The van der Waals surface area contributed by atoms with Crippen molar-refractivity contribution in [3.8, 4) is 5.75 Å². The van der Waals surface area contributed by atoms with Gasteiger partial charge in [-0.05, 0) is 50.9 Å². The van der Waals surface area contributed by atoms with Crippen LogP contribution in [0.3, 0.4) is 0 Å². The molecule has 21 heavy (non-hydrogen) atoms. The lowest BCUT2D eigenvalue weighted by Crippen LogP contribution is -2.34. The molecule has 0 unspecified atom stereocenters. The van der Waals surface area contributed by atoms with Crippen LogP contribution < -0.4 is 4.74 Å². The third-order valence-electron chi connectivity index (χ3n) is 4.27. The van der Waals surface area contributed by atoms with E-state index in [1.807, 2.05) is 6.07 Å². The normalized spacial score (nSPS) is 18.2. The van der Waals surface area contributed by atoms with Gasteiger partial charge in [-0.25, -0.2) is 0 Å². The smallest absolute Gasteiger partial charge is 0.125 e. The molecule has 1 fully saturated rings. The molecule has 3 nitrogen and oxygen atoms in total. The van der Waals surface area contributed by atoms with Crippen molar-refractivity contribution < 1.29 is 9.84 Å². The molecule has 1 aromatic carbocycles. The number of rotatable bonds is 6. The van der Waals surface area contributed by atoms with Crippen molar-refractivity contribution >= 4 is 0 Å². The van der Waals surface area contributed by atoms with Crippen LogP contribution in [0, 0.1) is 13.8 Å². The molecular formula is C18H29NO2. The lowest BCUT2D eigenvalue weighted by Gasteiger charge is -2.23.